The SMILES string of the molecule is CC/C=N/OCC(CNCOCC)(COCCC#N)COCCC#N.NC(=O)CCOCC(COCCC(N)=O)(COCCC(N)=O)COCCC(N)=O.O=C(CCOCC(COCCC(=O)NC(CO)CO)(COCCC(=O)NC(CO)CO)COCCC(=O)NC(CO)CO)NC(CO)CO. The number of rotatable bonds is 69. The average molecular weight is 1490 g/mol. The van der Waals surface area contributed by atoms with Crippen LogP contribution in [0.3, 0.4) is 0 Å². The van der Waals surface area contributed by atoms with Crippen LogP contribution < -0.4 is 49.5 Å². The number of hydrogen-bond donors (Lipinski definition) is 17. The highest BCUT2D eigenvalue weighted by molar-refractivity contribution is 5.78. The number of nitrogens with one attached hydrogen (secondary N) is 5. The Labute approximate surface area is 601 Å². The maximum Gasteiger partial charge on any atom is 0.222 e. The fraction of sp³-hybridized carbons (Fsp3) is 0.825. The van der Waals surface area contributed by atoms with Crippen LogP contribution >= 0.6 is 0 Å². The van der Waals surface area contributed by atoms with Gasteiger partial charge in [-0.1, -0.05) is 12.1 Å². The monoisotopic (exact) mass is 1490 g/mol. The normalized spacial score (nSPS) is 11.6. The predicted octanol–water partition coefficient (Wildman–Crippen LogP) is -7.15. The fourth-order valence-electron chi connectivity index (χ4n) is 7.84. The van der Waals surface area contributed by atoms with Crippen LogP contribution in [0.25, 0.3) is 0 Å². The fourth-order valence-corrected chi connectivity index (χ4v) is 7.84. The van der Waals surface area contributed by atoms with Crippen LogP contribution in [0, 0.1) is 38.9 Å². The minimum atomic E-state index is -1.13. The highest BCUT2D eigenvalue weighted by Crippen LogP contribution is 2.24. The van der Waals surface area contributed by atoms with Crippen molar-refractivity contribution in [3.8, 4) is 12.1 Å². The molecule has 40 nitrogen and oxygen atoms in total. The molecule has 0 fully saturated rings. The lowest BCUT2D eigenvalue weighted by Gasteiger charge is -2.33. The van der Waals surface area contributed by atoms with Crippen LogP contribution in [0.15, 0.2) is 5.16 Å². The van der Waals surface area contributed by atoms with Crippen LogP contribution in [0.5, 0.6) is 0 Å². The van der Waals surface area contributed by atoms with Gasteiger partial charge in [0.05, 0.1) is 257 Å². The van der Waals surface area contributed by atoms with Crippen molar-refractivity contribution in [2.24, 2.45) is 44.3 Å². The lowest BCUT2D eigenvalue weighted by atomic mass is 9.91. The van der Waals surface area contributed by atoms with Crippen LogP contribution in [0.2, 0.25) is 0 Å². The Kier molecular flexibility index (Phi) is 66.9. The molecule has 0 heterocycles. The third-order valence-electron chi connectivity index (χ3n) is 13.5. The van der Waals surface area contributed by atoms with Crippen molar-refractivity contribution in [3.63, 3.8) is 0 Å². The van der Waals surface area contributed by atoms with Gasteiger partial charge in [0, 0.05) is 70.7 Å². The maximum absolute atomic E-state index is 12.2. The Balaban J connectivity index is -0.00000157. The van der Waals surface area contributed by atoms with Crippen LogP contribution in [-0.4, -0.2) is 330 Å². The van der Waals surface area contributed by atoms with Gasteiger partial charge in [-0.2, -0.15) is 10.5 Å². The van der Waals surface area contributed by atoms with E-state index < -0.39 is 141 Å². The van der Waals surface area contributed by atoms with Crippen molar-refractivity contribution in [1.82, 2.24) is 26.6 Å². The zero-order valence-electron chi connectivity index (χ0n) is 59.7. The molecule has 0 radical (unpaired) electrons. The van der Waals surface area contributed by atoms with E-state index in [1.165, 1.54) is 0 Å². The van der Waals surface area contributed by atoms with Crippen LogP contribution in [0.4, 0.5) is 0 Å². The molecule has 0 aromatic heterocycles. The molecule has 103 heavy (non-hydrogen) atoms. The van der Waals surface area contributed by atoms with Gasteiger partial charge in [-0.05, 0) is 13.3 Å². The molecule has 0 saturated carbocycles. The van der Waals surface area contributed by atoms with Crippen molar-refractivity contribution in [1.29, 1.82) is 10.5 Å². The molecule has 0 aromatic carbocycles. The largest absolute Gasteiger partial charge is 0.395 e. The number of aliphatic hydroxyl groups is 8. The zero-order valence-corrected chi connectivity index (χ0v) is 59.7. The van der Waals surface area contributed by atoms with E-state index in [-0.39, 0.29) is 157 Å². The van der Waals surface area contributed by atoms with Gasteiger partial charge in [0.15, 0.2) is 0 Å². The molecule has 0 aliphatic heterocycles. The summed E-state index contributed by atoms with van der Waals surface area (Å²) in [4.78, 5) is 97.7. The Bertz CT molecular complexity index is 2060. The average Bonchev–Trinajstić information content (AvgIpc) is 0.887. The second-order valence-electron chi connectivity index (χ2n) is 23.3. The number of nitriles is 2. The number of oxime groups is 1. The standard InChI is InChI=1S/C29H56N4O16.C17H32N4O8.C17H30N4O4/c34-9-21(10-35)30-25(42)1-5-46-17-29(18-47-6-2-26(43)31-22(11-36)12-37,19-48-7-3-27(44)32-23(13-38)14-39)20-49-8-4-28(45)33-24(15-40)16-41;18-13(22)1-5-26-9-17(10-27-6-2-14(19)23,11-28-7-3-15(20)24)12-29-8-4-16(21)25;1-3-9-21-25-15-17(12-20-16-22-4-2,13-23-10-5-7-18)14-24-11-6-8-19/h21-24,34-41H,1-20H2,(H,30,42)(H,31,43)(H,32,44)(H,33,45);1-12H2,(H2,18,22)(H2,19,23)(H2,20,24)(H2,21,25);9,20H,3-6,10-16H2,1-2H3/b;;21-9+. The van der Waals surface area contributed by atoms with Gasteiger partial charge in [-0.25, -0.2) is 0 Å². The molecule has 0 rings (SSSR count). The first-order valence-corrected chi connectivity index (χ1v) is 33.6. The molecule has 0 spiro atoms. The summed E-state index contributed by atoms with van der Waals surface area (Å²) in [6.45, 7) is 3.07. The second-order valence-corrected chi connectivity index (χ2v) is 23.3. The molecule has 0 aliphatic rings. The molecular formula is C63H118N12O28. The molecule has 0 unspecified atom stereocenters. The van der Waals surface area contributed by atoms with E-state index in [1.54, 1.807) is 6.21 Å². The molecule has 0 atom stereocenters. The van der Waals surface area contributed by atoms with E-state index in [0.717, 1.165) is 6.42 Å². The molecule has 0 bridgehead atoms. The summed E-state index contributed by atoms with van der Waals surface area (Å²) in [7, 11) is 0. The van der Waals surface area contributed by atoms with E-state index in [4.69, 9.17) is 90.4 Å². The number of nitrogens with two attached hydrogens (primary N) is 4. The van der Waals surface area contributed by atoms with E-state index in [2.05, 4.69) is 43.9 Å². The van der Waals surface area contributed by atoms with Gasteiger partial charge in [0.25, 0.3) is 0 Å². The summed E-state index contributed by atoms with van der Waals surface area (Å²) >= 11 is 0. The Morgan fingerprint density at radius 1 is 0.379 bits per heavy atom. The number of carbonyl (C=O) groups excluding carboxylic acids is 8. The topological polar surface area (TPSA) is 633 Å². The number of amides is 8. The van der Waals surface area contributed by atoms with Crippen molar-refractivity contribution >= 4 is 53.5 Å². The highest BCUT2D eigenvalue weighted by atomic mass is 16.6. The Morgan fingerprint density at radius 3 is 0.845 bits per heavy atom. The minimum absolute atomic E-state index is 0.0314. The third-order valence-corrected chi connectivity index (χ3v) is 13.5. The number of aliphatic hydroxyl groups excluding tert-OH is 8. The first-order chi connectivity index (χ1) is 49.5. The first kappa shape index (κ1) is 101. The van der Waals surface area contributed by atoms with Crippen molar-refractivity contribution < 1.29 is 136 Å². The number of nitrogens with zero attached hydrogens (tertiary/aromatic N) is 3. The molecule has 8 amide bonds. The van der Waals surface area contributed by atoms with Gasteiger partial charge >= 0.3 is 0 Å². The lowest BCUT2D eigenvalue weighted by Crippen LogP contribution is -2.46. The number of hydrogen-bond acceptors (Lipinski definition) is 32. The summed E-state index contributed by atoms with van der Waals surface area (Å²) in [5, 5.41) is 108. The van der Waals surface area contributed by atoms with E-state index in [1.807, 2.05) is 13.8 Å². The third kappa shape index (κ3) is 60.4. The molecule has 0 saturated heterocycles. The van der Waals surface area contributed by atoms with Gasteiger partial charge in [0.1, 0.15) is 6.61 Å². The highest BCUT2D eigenvalue weighted by Gasteiger charge is 2.36. The molecule has 0 aromatic rings. The summed E-state index contributed by atoms with van der Waals surface area (Å²) in [6.07, 6.45) is 2.69. The summed E-state index contributed by atoms with van der Waals surface area (Å²) in [6, 6.07) is 0.745. The molecule has 21 N–H and O–H groups in total. The van der Waals surface area contributed by atoms with E-state index in [9.17, 15) is 79.2 Å². The van der Waals surface area contributed by atoms with Crippen LogP contribution in [-0.2, 0) is 95.3 Å². The maximum atomic E-state index is 12.2. The van der Waals surface area contributed by atoms with Gasteiger partial charge < -0.3 is 142 Å². The molecule has 0 aliphatic carbocycles. The van der Waals surface area contributed by atoms with Gasteiger partial charge in [0.2, 0.25) is 47.3 Å². The molecule has 598 valence electrons. The zero-order chi connectivity index (χ0) is 77.7. The number of carbonyl (C=O) groups is 8. The van der Waals surface area contributed by atoms with E-state index >= 15 is 0 Å². The lowest BCUT2D eigenvalue weighted by molar-refractivity contribution is -0.131. The second kappa shape index (κ2) is 68.5. The van der Waals surface area contributed by atoms with Crippen LogP contribution in [0.1, 0.15) is 84.5 Å². The van der Waals surface area contributed by atoms with Crippen molar-refractivity contribution in [2.45, 2.75) is 109 Å². The quantitative estimate of drug-likeness (QED) is 0.0116. The number of ether oxygens (including phenoxy) is 11. The Morgan fingerprint density at radius 2 is 0.621 bits per heavy atom. The van der Waals surface area contributed by atoms with Gasteiger partial charge in [-0.3, -0.25) is 43.7 Å². The summed E-state index contributed by atoms with van der Waals surface area (Å²) in [5.41, 5.74) is 17.9. The van der Waals surface area contributed by atoms with Gasteiger partial charge in [-0.15, -0.1) is 0 Å². The summed E-state index contributed by atoms with van der Waals surface area (Å²) < 4.78 is 61.8. The van der Waals surface area contributed by atoms with Crippen molar-refractivity contribution in [2.75, 3.05) is 211 Å². The summed E-state index contributed by atoms with van der Waals surface area (Å²) in [5.74, 6) is -4.03. The number of primary amides is 4. The first-order valence-electron chi connectivity index (χ1n) is 33.6. The molecular weight excluding hydrogens is 1370 g/mol. The Hall–Kier alpha value is -6.59. The molecule has 40 heteroatoms. The van der Waals surface area contributed by atoms with Crippen molar-refractivity contribution in [3.05, 3.63) is 0 Å². The predicted molar refractivity (Wildman–Crippen MR) is 363 cm³/mol. The van der Waals surface area contributed by atoms with E-state index in [0.29, 0.717) is 65.8 Å². The smallest absolute Gasteiger partial charge is 0.222 e. The minimum Gasteiger partial charge on any atom is -0.395 e.